The van der Waals surface area contributed by atoms with Gasteiger partial charge in [0.1, 0.15) is 16.9 Å². The fourth-order valence-electron chi connectivity index (χ4n) is 2.17. The number of benzene rings is 1. The van der Waals surface area contributed by atoms with E-state index in [1.807, 2.05) is 4.98 Å². The molecule has 1 aromatic carbocycles. The number of aromatic hydroxyl groups is 1. The van der Waals surface area contributed by atoms with Crippen molar-refractivity contribution in [2.75, 3.05) is 26.9 Å². The van der Waals surface area contributed by atoms with Gasteiger partial charge in [0, 0.05) is 6.21 Å². The summed E-state index contributed by atoms with van der Waals surface area (Å²) in [7, 11) is 1.38. The van der Waals surface area contributed by atoms with Crippen LogP contribution in [0.4, 0.5) is 0 Å². The topological polar surface area (TPSA) is 157 Å². The highest BCUT2D eigenvalue weighted by Crippen LogP contribution is 2.24. The van der Waals surface area contributed by atoms with E-state index in [1.54, 1.807) is 18.2 Å². The summed E-state index contributed by atoms with van der Waals surface area (Å²) in [6, 6.07) is 6.33. The maximum Gasteiger partial charge on any atom is 0.335 e. The Bertz CT molecular complexity index is 905. The highest BCUT2D eigenvalue weighted by Gasteiger charge is 2.27. The quantitative estimate of drug-likeness (QED) is 0.369. The minimum atomic E-state index is -1.63. The van der Waals surface area contributed by atoms with Crippen molar-refractivity contribution in [1.29, 1.82) is 0 Å². The van der Waals surface area contributed by atoms with Crippen LogP contribution < -0.4 is 16.0 Å². The van der Waals surface area contributed by atoms with Crippen LogP contribution >= 0.6 is 0 Å². The fourth-order valence-corrected chi connectivity index (χ4v) is 2.17. The number of hydrogen-bond donors (Lipinski definition) is 5. The molecule has 140 valence electrons. The van der Waals surface area contributed by atoms with E-state index >= 15 is 0 Å². The largest absolute Gasteiger partial charge is 0.495 e. The van der Waals surface area contributed by atoms with E-state index in [1.165, 1.54) is 13.2 Å². The average molecular weight is 365 g/mol. The van der Waals surface area contributed by atoms with Gasteiger partial charge in [-0.2, -0.15) is 0 Å². The van der Waals surface area contributed by atoms with Gasteiger partial charge in [-0.05, 0) is 12.1 Å². The molecule has 0 saturated heterocycles. The number of aromatic nitrogens is 2. The van der Waals surface area contributed by atoms with E-state index in [9.17, 15) is 30.0 Å². The molecule has 0 spiro atoms. The maximum atomic E-state index is 12.2. The first-order chi connectivity index (χ1) is 12.4. The first-order valence-corrected chi connectivity index (χ1v) is 7.52. The lowest BCUT2D eigenvalue weighted by Crippen LogP contribution is -2.40. The van der Waals surface area contributed by atoms with Crippen LogP contribution in [0.25, 0.3) is 5.69 Å². The smallest absolute Gasteiger partial charge is 0.335 e. The normalized spacial score (nSPS) is 11.8. The van der Waals surface area contributed by atoms with Gasteiger partial charge in [-0.1, -0.05) is 12.1 Å². The molecule has 2 aromatic rings. The molecule has 0 aliphatic carbocycles. The number of H-pyrrole nitrogens is 1. The summed E-state index contributed by atoms with van der Waals surface area (Å²) in [5, 5.41) is 38.3. The van der Waals surface area contributed by atoms with Crippen LogP contribution in [0, 0.1) is 0 Å². The Hall–Kier alpha value is -2.95. The van der Waals surface area contributed by atoms with Gasteiger partial charge in [0.05, 0.1) is 32.6 Å². The Labute approximate surface area is 147 Å². The number of ether oxygens (including phenoxy) is 1. The molecule has 2 rings (SSSR count). The summed E-state index contributed by atoms with van der Waals surface area (Å²) >= 11 is 0. The van der Waals surface area contributed by atoms with E-state index in [2.05, 4.69) is 4.99 Å². The molecule has 0 atom stereocenters. The van der Waals surface area contributed by atoms with Crippen molar-refractivity contribution >= 4 is 6.21 Å². The number of nitrogens with zero attached hydrogens (tertiary/aromatic N) is 2. The standard InChI is InChI=1S/C16H19N3O7/c1-26-12-5-3-2-4-11(12)19-14(24)10(13(23)18-15(19)25)6-17-16(7-20,8-21)9-22/h2-6,20-22,24H,7-9H2,1H3,(H,18,23,25). The average Bonchev–Trinajstić information content (AvgIpc) is 2.65. The molecule has 0 aliphatic heterocycles. The SMILES string of the molecule is COc1ccccc1-n1c(O)c(C=NC(CO)(CO)CO)c(=O)[nH]c1=O. The Morgan fingerprint density at radius 2 is 1.81 bits per heavy atom. The van der Waals surface area contributed by atoms with Crippen LogP contribution in [0.1, 0.15) is 5.56 Å². The number of aromatic amines is 1. The number of para-hydroxylation sites is 2. The van der Waals surface area contributed by atoms with Gasteiger partial charge in [0.2, 0.25) is 5.88 Å². The molecule has 0 unspecified atom stereocenters. The van der Waals surface area contributed by atoms with Gasteiger partial charge in [-0.15, -0.1) is 0 Å². The highest BCUT2D eigenvalue weighted by molar-refractivity contribution is 5.82. The highest BCUT2D eigenvalue weighted by atomic mass is 16.5. The van der Waals surface area contributed by atoms with Crippen LogP contribution in [0.3, 0.4) is 0 Å². The Morgan fingerprint density at radius 3 is 2.38 bits per heavy atom. The lowest BCUT2D eigenvalue weighted by molar-refractivity contribution is 0.0718. The molecule has 0 amide bonds. The van der Waals surface area contributed by atoms with Crippen LogP contribution in [-0.4, -0.2) is 68.7 Å². The van der Waals surface area contributed by atoms with Gasteiger partial charge in [-0.25, -0.2) is 9.36 Å². The minimum Gasteiger partial charge on any atom is -0.495 e. The molecule has 1 heterocycles. The predicted octanol–water partition coefficient (Wildman–Crippen LogP) is -1.63. The molecule has 1 aromatic heterocycles. The molecule has 0 saturated carbocycles. The first kappa shape index (κ1) is 19.4. The lowest BCUT2D eigenvalue weighted by atomic mass is 10.1. The first-order valence-electron chi connectivity index (χ1n) is 7.52. The zero-order chi connectivity index (χ0) is 19.3. The number of aliphatic imine (C=N–C) groups is 1. The molecule has 10 nitrogen and oxygen atoms in total. The van der Waals surface area contributed by atoms with Crippen LogP contribution in [0.5, 0.6) is 11.6 Å². The van der Waals surface area contributed by atoms with Crippen LogP contribution in [0.2, 0.25) is 0 Å². The van der Waals surface area contributed by atoms with Gasteiger partial charge in [-0.3, -0.25) is 14.8 Å². The van der Waals surface area contributed by atoms with Crippen molar-refractivity contribution in [2.45, 2.75) is 5.54 Å². The van der Waals surface area contributed by atoms with Gasteiger partial charge >= 0.3 is 5.69 Å². The summed E-state index contributed by atoms with van der Waals surface area (Å²) < 4.78 is 5.97. The van der Waals surface area contributed by atoms with E-state index in [0.717, 1.165) is 10.8 Å². The second-order valence-corrected chi connectivity index (χ2v) is 5.46. The molecule has 0 aliphatic rings. The zero-order valence-electron chi connectivity index (χ0n) is 13.9. The summed E-state index contributed by atoms with van der Waals surface area (Å²) in [4.78, 5) is 30.1. The predicted molar refractivity (Wildman–Crippen MR) is 92.5 cm³/mol. The van der Waals surface area contributed by atoms with E-state index in [-0.39, 0.29) is 11.4 Å². The van der Waals surface area contributed by atoms with Crippen molar-refractivity contribution in [1.82, 2.24) is 9.55 Å². The molecule has 10 heteroatoms. The van der Waals surface area contributed by atoms with E-state index in [4.69, 9.17) is 4.74 Å². The number of nitrogens with one attached hydrogen (secondary N) is 1. The fraction of sp³-hybridized carbons (Fsp3) is 0.312. The summed E-state index contributed by atoms with van der Waals surface area (Å²) in [5.74, 6) is -0.440. The molecule has 5 N–H and O–H groups in total. The second-order valence-electron chi connectivity index (χ2n) is 5.46. The van der Waals surface area contributed by atoms with Crippen molar-refractivity contribution in [3.8, 4) is 17.3 Å². The second kappa shape index (κ2) is 7.95. The number of rotatable bonds is 7. The third kappa shape index (κ3) is 3.52. The molecular weight excluding hydrogens is 346 g/mol. The number of methoxy groups -OCH3 is 1. The zero-order valence-corrected chi connectivity index (χ0v) is 13.9. The van der Waals surface area contributed by atoms with Gasteiger partial charge in [0.15, 0.2) is 0 Å². The molecule has 0 fully saturated rings. The van der Waals surface area contributed by atoms with Crippen molar-refractivity contribution in [2.24, 2.45) is 4.99 Å². The van der Waals surface area contributed by atoms with Crippen LogP contribution in [0.15, 0.2) is 38.8 Å². The Balaban J connectivity index is 2.68. The molecule has 0 radical (unpaired) electrons. The Morgan fingerprint density at radius 1 is 1.19 bits per heavy atom. The number of aliphatic hydroxyl groups is 3. The van der Waals surface area contributed by atoms with Crippen molar-refractivity contribution in [3.63, 3.8) is 0 Å². The third-order valence-electron chi connectivity index (χ3n) is 3.80. The number of aliphatic hydroxyl groups excluding tert-OH is 3. The van der Waals surface area contributed by atoms with E-state index in [0.29, 0.717) is 0 Å². The summed E-state index contributed by atoms with van der Waals surface area (Å²) in [6.07, 6.45) is 0.877. The van der Waals surface area contributed by atoms with Gasteiger partial charge in [0.25, 0.3) is 5.56 Å². The van der Waals surface area contributed by atoms with Gasteiger partial charge < -0.3 is 25.2 Å². The van der Waals surface area contributed by atoms with Crippen molar-refractivity contribution in [3.05, 3.63) is 50.7 Å². The lowest BCUT2D eigenvalue weighted by Gasteiger charge is -2.22. The summed E-state index contributed by atoms with van der Waals surface area (Å²) in [6.45, 7) is -2.08. The Kier molecular flexibility index (Phi) is 5.93. The van der Waals surface area contributed by atoms with E-state index < -0.39 is 48.1 Å². The molecule has 26 heavy (non-hydrogen) atoms. The monoisotopic (exact) mass is 365 g/mol. The van der Waals surface area contributed by atoms with Crippen molar-refractivity contribution < 1.29 is 25.2 Å². The minimum absolute atomic E-state index is 0.182. The third-order valence-corrected chi connectivity index (χ3v) is 3.80. The molecule has 0 bridgehead atoms. The van der Waals surface area contributed by atoms with Crippen LogP contribution in [-0.2, 0) is 0 Å². The number of hydrogen-bond acceptors (Lipinski definition) is 8. The molecular formula is C16H19N3O7. The summed E-state index contributed by atoms with van der Waals surface area (Å²) in [5.41, 5.74) is -3.67. The maximum absolute atomic E-state index is 12.2.